The number of rotatable bonds is 5. The molecule has 2 rings (SSSR count). The van der Waals surface area contributed by atoms with Gasteiger partial charge in [0, 0.05) is 5.02 Å². The average molecular weight is 398 g/mol. The standard InChI is InChI=1S/C18H18BrClO3/c1-11(2)10-22-17-7-5-13(8-15(17)19)18(21)23-14-6-4-12(3)16(20)9-14/h4-9,11H,10H2,1-3H3. The third-order valence-electron chi connectivity index (χ3n) is 3.09. The quantitative estimate of drug-likeness (QED) is 0.482. The maximum Gasteiger partial charge on any atom is 0.343 e. The molecule has 0 radical (unpaired) electrons. The number of benzene rings is 2. The Morgan fingerprint density at radius 2 is 1.96 bits per heavy atom. The summed E-state index contributed by atoms with van der Waals surface area (Å²) in [5.41, 5.74) is 1.37. The molecular weight excluding hydrogens is 380 g/mol. The van der Waals surface area contributed by atoms with Gasteiger partial charge in [-0.1, -0.05) is 31.5 Å². The van der Waals surface area contributed by atoms with Crippen molar-refractivity contribution in [1.82, 2.24) is 0 Å². The van der Waals surface area contributed by atoms with Crippen molar-refractivity contribution in [1.29, 1.82) is 0 Å². The highest BCUT2D eigenvalue weighted by Gasteiger charge is 2.12. The van der Waals surface area contributed by atoms with E-state index in [4.69, 9.17) is 21.1 Å². The SMILES string of the molecule is Cc1ccc(OC(=O)c2ccc(OCC(C)C)c(Br)c2)cc1Cl. The van der Waals surface area contributed by atoms with E-state index in [1.165, 1.54) is 0 Å². The Kier molecular flexibility index (Phi) is 6.08. The fraction of sp³-hybridized carbons (Fsp3) is 0.278. The van der Waals surface area contributed by atoms with Gasteiger partial charge in [-0.25, -0.2) is 4.79 Å². The number of carbonyl (C=O) groups excluding carboxylic acids is 1. The summed E-state index contributed by atoms with van der Waals surface area (Å²) < 4.78 is 11.7. The molecule has 3 nitrogen and oxygen atoms in total. The van der Waals surface area contributed by atoms with Crippen molar-refractivity contribution < 1.29 is 14.3 Å². The first kappa shape index (κ1) is 17.8. The molecule has 2 aromatic carbocycles. The lowest BCUT2D eigenvalue weighted by molar-refractivity contribution is 0.0734. The number of ether oxygens (including phenoxy) is 2. The van der Waals surface area contributed by atoms with Crippen molar-refractivity contribution in [2.75, 3.05) is 6.61 Å². The molecule has 0 aliphatic heterocycles. The first-order chi connectivity index (χ1) is 10.9. The second-order valence-electron chi connectivity index (χ2n) is 5.65. The van der Waals surface area contributed by atoms with E-state index in [1.807, 2.05) is 13.0 Å². The summed E-state index contributed by atoms with van der Waals surface area (Å²) in [5.74, 6) is 1.11. The summed E-state index contributed by atoms with van der Waals surface area (Å²) in [7, 11) is 0. The first-order valence-electron chi connectivity index (χ1n) is 7.27. The van der Waals surface area contributed by atoms with Crippen LogP contribution in [0.4, 0.5) is 0 Å². The Labute approximate surface area is 149 Å². The Morgan fingerprint density at radius 3 is 2.57 bits per heavy atom. The number of halogens is 2. The molecule has 0 aliphatic rings. The molecule has 122 valence electrons. The van der Waals surface area contributed by atoms with Crippen molar-refractivity contribution >= 4 is 33.5 Å². The fourth-order valence-electron chi connectivity index (χ4n) is 1.80. The zero-order valence-corrected chi connectivity index (χ0v) is 15.6. The minimum Gasteiger partial charge on any atom is -0.492 e. The second-order valence-corrected chi connectivity index (χ2v) is 6.91. The average Bonchev–Trinajstić information content (AvgIpc) is 2.49. The number of hydrogen-bond donors (Lipinski definition) is 0. The minimum atomic E-state index is -0.443. The lowest BCUT2D eigenvalue weighted by Gasteiger charge is -2.11. The normalized spacial score (nSPS) is 10.7. The van der Waals surface area contributed by atoms with Crippen LogP contribution < -0.4 is 9.47 Å². The van der Waals surface area contributed by atoms with E-state index in [9.17, 15) is 4.79 Å². The van der Waals surface area contributed by atoms with E-state index in [0.29, 0.717) is 34.6 Å². The Balaban J connectivity index is 2.10. The maximum absolute atomic E-state index is 12.2. The van der Waals surface area contributed by atoms with E-state index >= 15 is 0 Å². The van der Waals surface area contributed by atoms with E-state index in [2.05, 4.69) is 29.8 Å². The van der Waals surface area contributed by atoms with Crippen molar-refractivity contribution in [2.24, 2.45) is 5.92 Å². The zero-order valence-electron chi connectivity index (χ0n) is 13.2. The molecule has 0 fully saturated rings. The molecule has 5 heteroatoms. The van der Waals surface area contributed by atoms with Gasteiger partial charge in [0.05, 0.1) is 16.6 Å². The van der Waals surface area contributed by atoms with Crippen LogP contribution >= 0.6 is 27.5 Å². The molecule has 0 aromatic heterocycles. The molecule has 0 saturated heterocycles. The highest BCUT2D eigenvalue weighted by Crippen LogP contribution is 2.28. The van der Waals surface area contributed by atoms with Crippen LogP contribution in [0.3, 0.4) is 0 Å². The molecule has 0 saturated carbocycles. The number of hydrogen-bond acceptors (Lipinski definition) is 3. The van der Waals surface area contributed by atoms with Crippen LogP contribution in [0.1, 0.15) is 29.8 Å². The highest BCUT2D eigenvalue weighted by molar-refractivity contribution is 9.10. The summed E-state index contributed by atoms with van der Waals surface area (Å²) in [4.78, 5) is 12.2. The van der Waals surface area contributed by atoms with Crippen LogP contribution in [0.15, 0.2) is 40.9 Å². The van der Waals surface area contributed by atoms with Crippen LogP contribution in [0.25, 0.3) is 0 Å². The smallest absolute Gasteiger partial charge is 0.343 e. The van der Waals surface area contributed by atoms with Crippen molar-refractivity contribution in [3.63, 3.8) is 0 Å². The summed E-state index contributed by atoms with van der Waals surface area (Å²) in [5, 5.41) is 0.564. The molecule has 0 bridgehead atoms. The molecule has 0 unspecified atom stereocenters. The van der Waals surface area contributed by atoms with Gasteiger partial charge >= 0.3 is 5.97 Å². The predicted molar refractivity (Wildman–Crippen MR) is 95.6 cm³/mol. The van der Waals surface area contributed by atoms with Crippen LogP contribution in [0.5, 0.6) is 11.5 Å². The van der Waals surface area contributed by atoms with Gasteiger partial charge in [-0.15, -0.1) is 0 Å². The van der Waals surface area contributed by atoms with Gasteiger partial charge in [-0.3, -0.25) is 0 Å². The van der Waals surface area contributed by atoms with Crippen LogP contribution in [0, 0.1) is 12.8 Å². The molecule has 0 aliphatic carbocycles. The third kappa shape index (κ3) is 4.98. The largest absolute Gasteiger partial charge is 0.492 e. The van der Waals surface area contributed by atoms with Gasteiger partial charge in [0.25, 0.3) is 0 Å². The summed E-state index contributed by atoms with van der Waals surface area (Å²) in [6, 6.07) is 10.3. The molecule has 0 heterocycles. The Morgan fingerprint density at radius 1 is 1.22 bits per heavy atom. The van der Waals surface area contributed by atoms with Gasteiger partial charge in [0.2, 0.25) is 0 Å². The van der Waals surface area contributed by atoms with E-state index in [0.717, 1.165) is 10.0 Å². The van der Waals surface area contributed by atoms with Crippen molar-refractivity contribution in [3.05, 3.63) is 57.0 Å². The maximum atomic E-state index is 12.2. The Bertz CT molecular complexity index is 713. The van der Waals surface area contributed by atoms with Crippen molar-refractivity contribution in [3.8, 4) is 11.5 Å². The van der Waals surface area contributed by atoms with Gasteiger partial charge in [-0.2, -0.15) is 0 Å². The zero-order chi connectivity index (χ0) is 17.0. The third-order valence-corrected chi connectivity index (χ3v) is 4.12. The Hall–Kier alpha value is -1.52. The first-order valence-corrected chi connectivity index (χ1v) is 8.44. The van der Waals surface area contributed by atoms with Gasteiger partial charge in [-0.05, 0) is 64.7 Å². The van der Waals surface area contributed by atoms with E-state index in [-0.39, 0.29) is 0 Å². The number of aryl methyl sites for hydroxylation is 1. The number of esters is 1. The summed E-state index contributed by atoms with van der Waals surface area (Å²) in [6.45, 7) is 6.66. The molecule has 0 atom stereocenters. The van der Waals surface area contributed by atoms with Gasteiger partial charge in [0.1, 0.15) is 11.5 Å². The second kappa shape index (κ2) is 7.84. The van der Waals surface area contributed by atoms with Crippen LogP contribution in [-0.4, -0.2) is 12.6 Å². The fourth-order valence-corrected chi connectivity index (χ4v) is 2.47. The van der Waals surface area contributed by atoms with Gasteiger partial charge in [0.15, 0.2) is 0 Å². The van der Waals surface area contributed by atoms with Gasteiger partial charge < -0.3 is 9.47 Å². The van der Waals surface area contributed by atoms with E-state index in [1.54, 1.807) is 30.3 Å². The lowest BCUT2D eigenvalue weighted by atomic mass is 10.2. The minimum absolute atomic E-state index is 0.418. The molecule has 23 heavy (non-hydrogen) atoms. The van der Waals surface area contributed by atoms with Crippen LogP contribution in [0.2, 0.25) is 5.02 Å². The molecule has 2 aromatic rings. The van der Waals surface area contributed by atoms with Crippen LogP contribution in [-0.2, 0) is 0 Å². The highest BCUT2D eigenvalue weighted by atomic mass is 79.9. The predicted octanol–water partition coefficient (Wildman–Crippen LogP) is 5.66. The van der Waals surface area contributed by atoms with E-state index < -0.39 is 5.97 Å². The lowest BCUT2D eigenvalue weighted by Crippen LogP contribution is -2.09. The summed E-state index contributed by atoms with van der Waals surface area (Å²) >= 11 is 9.45. The molecule has 0 spiro atoms. The molecule has 0 N–H and O–H groups in total. The monoisotopic (exact) mass is 396 g/mol. The topological polar surface area (TPSA) is 35.5 Å². The van der Waals surface area contributed by atoms with Crippen molar-refractivity contribution in [2.45, 2.75) is 20.8 Å². The number of carbonyl (C=O) groups is 1. The summed E-state index contributed by atoms with van der Waals surface area (Å²) in [6.07, 6.45) is 0. The molecular formula is C18H18BrClO3. The molecule has 0 amide bonds.